The molecule has 1 saturated carbocycles. The van der Waals surface area contributed by atoms with Crippen molar-refractivity contribution in [1.82, 2.24) is 5.32 Å². The second-order valence-corrected chi connectivity index (χ2v) is 4.58. The van der Waals surface area contributed by atoms with Gasteiger partial charge >= 0.3 is 0 Å². The molecule has 82 valence electrons. The molecule has 2 rings (SSSR count). The van der Waals surface area contributed by atoms with Crippen LogP contribution in [0.5, 0.6) is 0 Å². The van der Waals surface area contributed by atoms with Gasteiger partial charge in [-0.05, 0) is 44.6 Å². The van der Waals surface area contributed by atoms with E-state index in [-0.39, 0.29) is 6.10 Å². The van der Waals surface area contributed by atoms with E-state index in [2.05, 4.69) is 5.32 Å². The maximum Gasteiger partial charge on any atom is 0.0693 e. The summed E-state index contributed by atoms with van der Waals surface area (Å²) >= 11 is 0. The van der Waals surface area contributed by atoms with E-state index in [9.17, 15) is 5.11 Å². The highest BCUT2D eigenvalue weighted by atomic mass is 16.5. The molecule has 1 aliphatic carbocycles. The van der Waals surface area contributed by atoms with Crippen LogP contribution in [0.4, 0.5) is 0 Å². The molecule has 1 heterocycles. The summed E-state index contributed by atoms with van der Waals surface area (Å²) in [6.07, 6.45) is 5.60. The van der Waals surface area contributed by atoms with Crippen LogP contribution >= 0.6 is 0 Å². The number of rotatable bonds is 4. The second-order valence-electron chi connectivity index (χ2n) is 4.58. The molecule has 3 unspecified atom stereocenters. The highest BCUT2D eigenvalue weighted by Crippen LogP contribution is 2.20. The molecule has 14 heavy (non-hydrogen) atoms. The SMILES string of the molecule is OC1CCCC1NCCC1CCOC1. The number of aliphatic hydroxyl groups is 1. The van der Waals surface area contributed by atoms with Crippen molar-refractivity contribution in [3.8, 4) is 0 Å². The Balaban J connectivity index is 1.57. The van der Waals surface area contributed by atoms with Gasteiger partial charge in [0.15, 0.2) is 0 Å². The van der Waals surface area contributed by atoms with Crippen LogP contribution in [-0.4, -0.2) is 37.0 Å². The molecule has 0 bridgehead atoms. The second kappa shape index (κ2) is 5.10. The number of ether oxygens (including phenoxy) is 1. The Morgan fingerprint density at radius 2 is 2.21 bits per heavy atom. The molecular weight excluding hydrogens is 178 g/mol. The summed E-state index contributed by atoms with van der Waals surface area (Å²) < 4.78 is 5.32. The van der Waals surface area contributed by atoms with Crippen LogP contribution in [0.15, 0.2) is 0 Å². The normalized spacial score (nSPS) is 37.9. The van der Waals surface area contributed by atoms with Crippen LogP contribution in [0.2, 0.25) is 0 Å². The van der Waals surface area contributed by atoms with Crippen molar-refractivity contribution >= 4 is 0 Å². The first-order valence-electron chi connectivity index (χ1n) is 5.85. The van der Waals surface area contributed by atoms with Gasteiger partial charge in [0.2, 0.25) is 0 Å². The lowest BCUT2D eigenvalue weighted by Crippen LogP contribution is -2.36. The zero-order valence-corrected chi connectivity index (χ0v) is 8.74. The van der Waals surface area contributed by atoms with Crippen LogP contribution in [0.3, 0.4) is 0 Å². The van der Waals surface area contributed by atoms with E-state index in [0.29, 0.717) is 6.04 Å². The maximum atomic E-state index is 9.59. The number of aliphatic hydroxyl groups excluding tert-OH is 1. The largest absolute Gasteiger partial charge is 0.392 e. The Hall–Kier alpha value is -0.120. The molecule has 3 atom stereocenters. The Morgan fingerprint density at radius 3 is 2.86 bits per heavy atom. The molecule has 0 amide bonds. The lowest BCUT2D eigenvalue weighted by Gasteiger charge is -2.17. The van der Waals surface area contributed by atoms with E-state index >= 15 is 0 Å². The zero-order chi connectivity index (χ0) is 9.80. The molecule has 2 aliphatic rings. The Bertz CT molecular complexity index is 169. The van der Waals surface area contributed by atoms with Gasteiger partial charge in [-0.2, -0.15) is 0 Å². The van der Waals surface area contributed by atoms with E-state index in [0.717, 1.165) is 38.5 Å². The Morgan fingerprint density at radius 1 is 1.29 bits per heavy atom. The maximum absolute atomic E-state index is 9.59. The third-order valence-corrected chi connectivity index (χ3v) is 3.46. The van der Waals surface area contributed by atoms with E-state index < -0.39 is 0 Å². The minimum Gasteiger partial charge on any atom is -0.392 e. The van der Waals surface area contributed by atoms with Crippen LogP contribution in [0.1, 0.15) is 32.1 Å². The van der Waals surface area contributed by atoms with Crippen LogP contribution in [0.25, 0.3) is 0 Å². The molecule has 3 heteroatoms. The molecule has 0 aromatic heterocycles. The fraction of sp³-hybridized carbons (Fsp3) is 1.00. The molecule has 2 fully saturated rings. The van der Waals surface area contributed by atoms with Gasteiger partial charge < -0.3 is 15.2 Å². The first kappa shape index (κ1) is 10.4. The van der Waals surface area contributed by atoms with Crippen molar-refractivity contribution in [3.63, 3.8) is 0 Å². The molecule has 0 spiro atoms. The predicted molar refractivity (Wildman–Crippen MR) is 55.2 cm³/mol. The lowest BCUT2D eigenvalue weighted by molar-refractivity contribution is 0.147. The van der Waals surface area contributed by atoms with E-state index in [1.165, 1.54) is 19.3 Å². The van der Waals surface area contributed by atoms with Crippen LogP contribution < -0.4 is 5.32 Å². The summed E-state index contributed by atoms with van der Waals surface area (Å²) in [7, 11) is 0. The molecule has 0 radical (unpaired) electrons. The Labute approximate surface area is 85.8 Å². The number of hydrogen-bond acceptors (Lipinski definition) is 3. The van der Waals surface area contributed by atoms with Gasteiger partial charge in [-0.15, -0.1) is 0 Å². The first-order valence-corrected chi connectivity index (χ1v) is 5.85. The van der Waals surface area contributed by atoms with Crippen LogP contribution in [0, 0.1) is 5.92 Å². The van der Waals surface area contributed by atoms with Gasteiger partial charge in [0.25, 0.3) is 0 Å². The summed E-state index contributed by atoms with van der Waals surface area (Å²) in [4.78, 5) is 0. The first-order chi connectivity index (χ1) is 6.86. The number of nitrogens with one attached hydrogen (secondary N) is 1. The Kier molecular flexibility index (Phi) is 3.79. The van der Waals surface area contributed by atoms with Crippen molar-refractivity contribution in [2.75, 3.05) is 19.8 Å². The van der Waals surface area contributed by atoms with Gasteiger partial charge in [-0.3, -0.25) is 0 Å². The molecule has 1 aliphatic heterocycles. The van der Waals surface area contributed by atoms with Gasteiger partial charge in [0.1, 0.15) is 0 Å². The van der Waals surface area contributed by atoms with E-state index in [4.69, 9.17) is 4.74 Å². The van der Waals surface area contributed by atoms with E-state index in [1.807, 2.05) is 0 Å². The average Bonchev–Trinajstić information content (AvgIpc) is 2.78. The molecule has 0 aromatic carbocycles. The minimum absolute atomic E-state index is 0.102. The van der Waals surface area contributed by atoms with E-state index in [1.54, 1.807) is 0 Å². The summed E-state index contributed by atoms with van der Waals surface area (Å²) in [5, 5.41) is 13.0. The summed E-state index contributed by atoms with van der Waals surface area (Å²) in [5.41, 5.74) is 0. The zero-order valence-electron chi connectivity index (χ0n) is 8.74. The minimum atomic E-state index is -0.102. The van der Waals surface area contributed by atoms with Crippen molar-refractivity contribution < 1.29 is 9.84 Å². The highest BCUT2D eigenvalue weighted by Gasteiger charge is 2.24. The predicted octanol–water partition coefficient (Wildman–Crippen LogP) is 0.916. The lowest BCUT2D eigenvalue weighted by atomic mass is 10.0. The molecule has 0 aromatic rings. The molecule has 1 saturated heterocycles. The van der Waals surface area contributed by atoms with Crippen LogP contribution in [-0.2, 0) is 4.74 Å². The molecule has 3 nitrogen and oxygen atoms in total. The van der Waals surface area contributed by atoms with Gasteiger partial charge in [-0.1, -0.05) is 0 Å². The fourth-order valence-corrected chi connectivity index (χ4v) is 2.46. The smallest absolute Gasteiger partial charge is 0.0693 e. The fourth-order valence-electron chi connectivity index (χ4n) is 2.46. The van der Waals surface area contributed by atoms with Gasteiger partial charge in [0.05, 0.1) is 6.10 Å². The van der Waals surface area contributed by atoms with Gasteiger partial charge in [0, 0.05) is 19.3 Å². The summed E-state index contributed by atoms with van der Waals surface area (Å²) in [5.74, 6) is 0.751. The summed E-state index contributed by atoms with van der Waals surface area (Å²) in [6.45, 7) is 2.92. The van der Waals surface area contributed by atoms with Gasteiger partial charge in [-0.25, -0.2) is 0 Å². The van der Waals surface area contributed by atoms with Crippen molar-refractivity contribution in [2.45, 2.75) is 44.2 Å². The average molecular weight is 199 g/mol. The van der Waals surface area contributed by atoms with Crippen molar-refractivity contribution in [2.24, 2.45) is 5.92 Å². The quantitative estimate of drug-likeness (QED) is 0.707. The topological polar surface area (TPSA) is 41.5 Å². The highest BCUT2D eigenvalue weighted by molar-refractivity contribution is 4.82. The standard InChI is InChI=1S/C11H21NO2/c13-11-3-1-2-10(11)12-6-4-9-5-7-14-8-9/h9-13H,1-8H2. The third kappa shape index (κ3) is 2.69. The third-order valence-electron chi connectivity index (χ3n) is 3.46. The number of hydrogen-bond donors (Lipinski definition) is 2. The molecule has 2 N–H and O–H groups in total. The van der Waals surface area contributed by atoms with Crippen molar-refractivity contribution in [1.29, 1.82) is 0 Å². The summed E-state index contributed by atoms with van der Waals surface area (Å²) in [6, 6.07) is 0.359. The monoisotopic (exact) mass is 199 g/mol. The van der Waals surface area contributed by atoms with Crippen molar-refractivity contribution in [3.05, 3.63) is 0 Å². The molecular formula is C11H21NO2.